The van der Waals surface area contributed by atoms with Crippen LogP contribution in [-0.2, 0) is 4.74 Å². The van der Waals surface area contributed by atoms with Gasteiger partial charge < -0.3 is 4.74 Å². The van der Waals surface area contributed by atoms with Crippen molar-refractivity contribution in [3.63, 3.8) is 0 Å². The van der Waals surface area contributed by atoms with E-state index < -0.39 is 0 Å². The SMILES string of the molecule is CCOC/C=C(C)/C=C/C=C(C)/C=C/C1=C(C)CCCC1C. The third-order valence-electron chi connectivity index (χ3n) is 4.18. The molecule has 1 nitrogen and oxygen atoms in total. The first-order chi connectivity index (χ1) is 10.5. The second-order valence-electron chi connectivity index (χ2n) is 6.24. The van der Waals surface area contributed by atoms with Gasteiger partial charge in [-0.2, -0.15) is 0 Å². The zero-order valence-electron chi connectivity index (χ0n) is 15.0. The minimum Gasteiger partial charge on any atom is -0.378 e. The monoisotopic (exact) mass is 300 g/mol. The minimum atomic E-state index is 0.695. The molecule has 0 aromatic rings. The highest BCUT2D eigenvalue weighted by atomic mass is 16.5. The maximum Gasteiger partial charge on any atom is 0.0652 e. The van der Waals surface area contributed by atoms with Crippen molar-refractivity contribution >= 4 is 0 Å². The van der Waals surface area contributed by atoms with Gasteiger partial charge in [-0.15, -0.1) is 0 Å². The van der Waals surface area contributed by atoms with Gasteiger partial charge >= 0.3 is 0 Å². The Hall–Kier alpha value is -1.34. The summed E-state index contributed by atoms with van der Waals surface area (Å²) in [6.45, 7) is 12.4. The fourth-order valence-corrected chi connectivity index (χ4v) is 2.71. The van der Waals surface area contributed by atoms with Gasteiger partial charge in [0.25, 0.3) is 0 Å². The molecule has 0 radical (unpaired) electrons. The Kier molecular flexibility index (Phi) is 8.84. The van der Waals surface area contributed by atoms with E-state index >= 15 is 0 Å². The summed E-state index contributed by atoms with van der Waals surface area (Å²) in [6.07, 6.45) is 17.0. The Bertz CT molecular complexity index is 486. The van der Waals surface area contributed by atoms with E-state index in [0.717, 1.165) is 6.61 Å². The molecule has 0 spiro atoms. The third kappa shape index (κ3) is 7.09. The lowest BCUT2D eigenvalue weighted by Gasteiger charge is -2.22. The normalized spacial score (nSPS) is 21.4. The van der Waals surface area contributed by atoms with Crippen LogP contribution in [-0.4, -0.2) is 13.2 Å². The predicted molar refractivity (Wildman–Crippen MR) is 98.0 cm³/mol. The predicted octanol–water partition coefficient (Wildman–Crippen LogP) is 6.16. The van der Waals surface area contributed by atoms with Crippen LogP contribution in [0.25, 0.3) is 0 Å². The molecular weight excluding hydrogens is 268 g/mol. The first kappa shape index (κ1) is 18.7. The molecule has 0 N–H and O–H groups in total. The molecule has 122 valence electrons. The quantitative estimate of drug-likeness (QED) is 0.404. The van der Waals surface area contributed by atoms with E-state index in [4.69, 9.17) is 4.74 Å². The van der Waals surface area contributed by atoms with Gasteiger partial charge in [0, 0.05) is 6.61 Å². The maximum absolute atomic E-state index is 5.32. The van der Waals surface area contributed by atoms with E-state index in [0.29, 0.717) is 12.5 Å². The Morgan fingerprint density at radius 1 is 1.23 bits per heavy atom. The van der Waals surface area contributed by atoms with Crippen LogP contribution in [0.15, 0.2) is 58.7 Å². The van der Waals surface area contributed by atoms with Crippen molar-refractivity contribution in [3.05, 3.63) is 58.7 Å². The standard InChI is InChI=1S/C21H32O/c1-6-22-16-15-18(3)10-7-9-17(2)13-14-21-19(4)11-8-12-20(21)5/h7,9-10,13-15,19H,6,8,11-12,16H2,1-5H3/b10-7+,14-13+,17-9+,18-15+. The van der Waals surface area contributed by atoms with Crippen LogP contribution in [0, 0.1) is 5.92 Å². The molecule has 1 aliphatic rings. The molecule has 0 fully saturated rings. The molecule has 1 heteroatoms. The average molecular weight is 300 g/mol. The molecule has 0 aliphatic heterocycles. The van der Waals surface area contributed by atoms with Crippen LogP contribution in [0.1, 0.15) is 53.9 Å². The third-order valence-corrected chi connectivity index (χ3v) is 4.18. The Balaban J connectivity index is 2.58. The van der Waals surface area contributed by atoms with E-state index in [9.17, 15) is 0 Å². The molecule has 0 saturated carbocycles. The summed E-state index contributed by atoms with van der Waals surface area (Å²) in [5.41, 5.74) is 5.62. The van der Waals surface area contributed by atoms with E-state index in [2.05, 4.69) is 64.2 Å². The highest BCUT2D eigenvalue weighted by Crippen LogP contribution is 2.30. The lowest BCUT2D eigenvalue weighted by Crippen LogP contribution is -2.06. The first-order valence-electron chi connectivity index (χ1n) is 8.51. The lowest BCUT2D eigenvalue weighted by atomic mass is 9.84. The Morgan fingerprint density at radius 2 is 2.00 bits per heavy atom. The van der Waals surface area contributed by atoms with Crippen LogP contribution in [0.3, 0.4) is 0 Å². The van der Waals surface area contributed by atoms with Crippen LogP contribution in [0.5, 0.6) is 0 Å². The fourth-order valence-electron chi connectivity index (χ4n) is 2.71. The zero-order chi connectivity index (χ0) is 16.4. The van der Waals surface area contributed by atoms with Gasteiger partial charge in [0.2, 0.25) is 0 Å². The first-order valence-corrected chi connectivity index (χ1v) is 8.51. The summed E-state index contributed by atoms with van der Waals surface area (Å²) in [4.78, 5) is 0. The van der Waals surface area contributed by atoms with E-state index in [1.807, 2.05) is 6.92 Å². The second-order valence-corrected chi connectivity index (χ2v) is 6.24. The molecule has 1 atom stereocenters. The smallest absolute Gasteiger partial charge is 0.0652 e. The molecule has 22 heavy (non-hydrogen) atoms. The van der Waals surface area contributed by atoms with E-state index in [1.54, 1.807) is 5.57 Å². The van der Waals surface area contributed by atoms with Gasteiger partial charge in [0.15, 0.2) is 0 Å². The highest BCUT2D eigenvalue weighted by molar-refractivity contribution is 5.34. The molecule has 0 saturated heterocycles. The lowest BCUT2D eigenvalue weighted by molar-refractivity contribution is 0.177. The second kappa shape index (κ2) is 10.4. The average Bonchev–Trinajstić information content (AvgIpc) is 2.47. The molecule has 1 aliphatic carbocycles. The minimum absolute atomic E-state index is 0.695. The number of rotatable bonds is 7. The van der Waals surface area contributed by atoms with Crippen LogP contribution in [0.4, 0.5) is 0 Å². The zero-order valence-corrected chi connectivity index (χ0v) is 15.0. The van der Waals surface area contributed by atoms with Gasteiger partial charge in [-0.3, -0.25) is 0 Å². The molecule has 1 unspecified atom stereocenters. The van der Waals surface area contributed by atoms with E-state index in [-0.39, 0.29) is 0 Å². The summed E-state index contributed by atoms with van der Waals surface area (Å²) >= 11 is 0. The fraction of sp³-hybridized carbons (Fsp3) is 0.524. The van der Waals surface area contributed by atoms with Crippen molar-refractivity contribution in [2.75, 3.05) is 13.2 Å². The maximum atomic E-state index is 5.32. The van der Waals surface area contributed by atoms with Crippen LogP contribution < -0.4 is 0 Å². The number of hydrogen-bond donors (Lipinski definition) is 0. The van der Waals surface area contributed by atoms with Crippen LogP contribution in [0.2, 0.25) is 0 Å². The number of ether oxygens (including phenoxy) is 1. The van der Waals surface area contributed by atoms with Gasteiger partial charge in [0.05, 0.1) is 6.61 Å². The highest BCUT2D eigenvalue weighted by Gasteiger charge is 2.14. The van der Waals surface area contributed by atoms with Gasteiger partial charge in [-0.25, -0.2) is 0 Å². The Morgan fingerprint density at radius 3 is 2.68 bits per heavy atom. The van der Waals surface area contributed by atoms with Gasteiger partial charge in [-0.1, -0.05) is 60.1 Å². The van der Waals surface area contributed by atoms with Crippen molar-refractivity contribution in [2.24, 2.45) is 5.92 Å². The molecule has 0 heterocycles. The summed E-state index contributed by atoms with van der Waals surface area (Å²) in [5.74, 6) is 0.706. The molecule has 0 amide bonds. The van der Waals surface area contributed by atoms with E-state index in [1.165, 1.54) is 36.0 Å². The molecule has 1 rings (SSSR count). The summed E-state index contributed by atoms with van der Waals surface area (Å²) in [6, 6.07) is 0. The summed E-state index contributed by atoms with van der Waals surface area (Å²) < 4.78 is 5.32. The van der Waals surface area contributed by atoms with Crippen LogP contribution >= 0.6 is 0 Å². The van der Waals surface area contributed by atoms with Crippen molar-refractivity contribution < 1.29 is 4.74 Å². The molecule has 0 aromatic carbocycles. The van der Waals surface area contributed by atoms with Crippen molar-refractivity contribution in [3.8, 4) is 0 Å². The van der Waals surface area contributed by atoms with Crippen molar-refractivity contribution in [1.29, 1.82) is 0 Å². The largest absolute Gasteiger partial charge is 0.378 e. The molecular formula is C21H32O. The van der Waals surface area contributed by atoms with Crippen molar-refractivity contribution in [2.45, 2.75) is 53.9 Å². The summed E-state index contributed by atoms with van der Waals surface area (Å²) in [5, 5.41) is 0. The molecule has 0 bridgehead atoms. The molecule has 0 aromatic heterocycles. The number of hydrogen-bond acceptors (Lipinski definition) is 1. The topological polar surface area (TPSA) is 9.23 Å². The number of allylic oxidation sites excluding steroid dienone is 9. The summed E-state index contributed by atoms with van der Waals surface area (Å²) in [7, 11) is 0. The Labute approximate surface area is 137 Å². The van der Waals surface area contributed by atoms with Gasteiger partial charge in [0.1, 0.15) is 0 Å². The van der Waals surface area contributed by atoms with Gasteiger partial charge in [-0.05, 0) is 58.4 Å². The van der Waals surface area contributed by atoms with Crippen molar-refractivity contribution in [1.82, 2.24) is 0 Å².